The molecule has 0 saturated heterocycles. The molecule has 394 valence electrons. The van der Waals surface area contributed by atoms with E-state index in [9.17, 15) is 28.6 Å². The number of hydrogen-bond acceptors (Lipinski definition) is 11. The summed E-state index contributed by atoms with van der Waals surface area (Å²) in [4.78, 5) is 58.7. The van der Waals surface area contributed by atoms with Crippen molar-refractivity contribution in [2.75, 3.05) is 60.7 Å². The van der Waals surface area contributed by atoms with Crippen LogP contribution in [0.3, 0.4) is 0 Å². The second-order valence-corrected chi connectivity index (χ2v) is 20.4. The van der Waals surface area contributed by atoms with E-state index in [-0.39, 0.29) is 38.0 Å². The van der Waals surface area contributed by atoms with Crippen molar-refractivity contribution in [3.05, 3.63) is 48.6 Å². The average Bonchev–Trinajstić information content (AvgIpc) is 3.29. The lowest BCUT2D eigenvalue weighted by Crippen LogP contribution is -2.37. The zero-order valence-electron chi connectivity index (χ0n) is 43.5. The number of unbranched alkanes of at least 4 members (excludes halogenated alkanes) is 26. The minimum absolute atomic E-state index is 0.0114. The van der Waals surface area contributed by atoms with Crippen LogP contribution in [0, 0.1) is 0 Å². The highest BCUT2D eigenvalue weighted by atomic mass is 31.2. The van der Waals surface area contributed by atoms with Crippen LogP contribution in [-0.4, -0.2) is 100 Å². The van der Waals surface area contributed by atoms with Gasteiger partial charge in [0.2, 0.25) is 0 Å². The molecule has 1 N–H and O–H groups in total. The zero-order chi connectivity index (χ0) is 50.2. The standard InChI is InChI=1S/C54H96NO12P/c1-6-8-34-40-51(56)62-45-38-32-28-24-20-16-12-10-14-18-22-26-30-36-42-53(58)64-48-50(49-66-68(60,61)65-47-44-55(3,4)5)67-54(59)43-37-31-27-23-19-15-11-13-17-21-25-29-33-39-46-63-52(57)41-35-9-7-2/h6-9,34-35,40-41,50H,10-33,36-39,42-49H2,1-5H3/p+1/b8-6+,9-7+,40-34+,41-35+/t50-/m1/s1. The molecule has 14 heteroatoms. The van der Waals surface area contributed by atoms with E-state index in [1.54, 1.807) is 24.3 Å². The molecule has 2 atom stereocenters. The molecule has 0 bridgehead atoms. The molecule has 0 aliphatic carbocycles. The molecule has 0 aromatic carbocycles. The Labute approximate surface area is 413 Å². The number of nitrogens with zero attached hydrogens (tertiary/aromatic N) is 1. The molecule has 0 spiro atoms. The topological polar surface area (TPSA) is 161 Å². The Bertz CT molecular complexity index is 1420. The van der Waals surface area contributed by atoms with Crippen molar-refractivity contribution in [2.24, 2.45) is 0 Å². The summed E-state index contributed by atoms with van der Waals surface area (Å²) in [7, 11) is 1.41. The van der Waals surface area contributed by atoms with Crippen LogP contribution in [-0.2, 0) is 51.7 Å². The third-order valence-corrected chi connectivity index (χ3v) is 12.3. The summed E-state index contributed by atoms with van der Waals surface area (Å²) < 4.78 is 44.8. The first-order valence-electron chi connectivity index (χ1n) is 26.5. The number of phosphoric ester groups is 1. The van der Waals surface area contributed by atoms with Crippen LogP contribution in [0.15, 0.2) is 48.6 Å². The summed E-state index contributed by atoms with van der Waals surface area (Å²) in [6.45, 7) is 4.58. The molecule has 1 unspecified atom stereocenters. The van der Waals surface area contributed by atoms with Gasteiger partial charge >= 0.3 is 31.7 Å². The highest BCUT2D eigenvalue weighted by Crippen LogP contribution is 2.43. The maximum Gasteiger partial charge on any atom is 0.472 e. The lowest BCUT2D eigenvalue weighted by atomic mass is 10.0. The molecule has 0 radical (unpaired) electrons. The number of hydrogen-bond donors (Lipinski definition) is 1. The lowest BCUT2D eigenvalue weighted by molar-refractivity contribution is -0.870. The minimum atomic E-state index is -4.41. The molecule has 0 aromatic rings. The van der Waals surface area contributed by atoms with Crippen molar-refractivity contribution < 1.29 is 61.1 Å². The van der Waals surface area contributed by atoms with Gasteiger partial charge in [0.05, 0.1) is 41.0 Å². The van der Waals surface area contributed by atoms with Crippen LogP contribution in [0.5, 0.6) is 0 Å². The number of carbonyl (C=O) groups excluding carboxylic acids is 4. The van der Waals surface area contributed by atoms with Crippen molar-refractivity contribution in [1.82, 2.24) is 0 Å². The monoisotopic (exact) mass is 983 g/mol. The predicted molar refractivity (Wildman–Crippen MR) is 274 cm³/mol. The SMILES string of the molecule is C/C=C/C=C/C(=O)OCCCCCCCCCCCCCCCCC(=O)OC[C@H](COP(=O)(O)OCC[N+](C)(C)C)OC(=O)CCCCCCCCCCCCCCCCOC(=O)/C=C/C=C/C. The molecule has 0 amide bonds. The first-order valence-corrected chi connectivity index (χ1v) is 28.0. The van der Waals surface area contributed by atoms with E-state index in [1.165, 1.54) is 115 Å². The number of carbonyl (C=O) groups is 4. The Morgan fingerprint density at radius 3 is 1.18 bits per heavy atom. The van der Waals surface area contributed by atoms with Crippen LogP contribution in [0.1, 0.15) is 206 Å². The molecule has 0 saturated carbocycles. The van der Waals surface area contributed by atoms with Gasteiger partial charge in [-0.2, -0.15) is 0 Å². The fraction of sp³-hybridized carbons (Fsp3) is 0.778. The number of allylic oxidation sites excluding steroid dienone is 6. The molecular weight excluding hydrogens is 886 g/mol. The van der Waals surface area contributed by atoms with Crippen LogP contribution in [0.25, 0.3) is 0 Å². The zero-order valence-corrected chi connectivity index (χ0v) is 44.4. The Hall–Kier alpha value is -3.09. The smallest absolute Gasteiger partial charge is 0.463 e. The molecule has 13 nitrogen and oxygen atoms in total. The first kappa shape index (κ1) is 64.9. The molecular formula is C54H97NO12P+. The van der Waals surface area contributed by atoms with Gasteiger partial charge in [0.1, 0.15) is 19.8 Å². The summed E-state index contributed by atoms with van der Waals surface area (Å²) in [6.07, 6.45) is 44.2. The van der Waals surface area contributed by atoms with Crippen molar-refractivity contribution >= 4 is 31.7 Å². The Morgan fingerprint density at radius 2 is 0.809 bits per heavy atom. The fourth-order valence-corrected chi connectivity index (χ4v) is 7.92. The number of quaternary nitrogens is 1. The largest absolute Gasteiger partial charge is 0.472 e. The molecule has 0 rings (SSSR count). The predicted octanol–water partition coefficient (Wildman–Crippen LogP) is 13.3. The van der Waals surface area contributed by atoms with E-state index >= 15 is 0 Å². The summed E-state index contributed by atoms with van der Waals surface area (Å²) in [5.41, 5.74) is 0. The lowest BCUT2D eigenvalue weighted by Gasteiger charge is -2.24. The molecule has 0 fully saturated rings. The Balaban J connectivity index is 4.18. The van der Waals surface area contributed by atoms with E-state index in [2.05, 4.69) is 0 Å². The van der Waals surface area contributed by atoms with Gasteiger partial charge in [-0.25, -0.2) is 14.2 Å². The van der Waals surface area contributed by atoms with Crippen molar-refractivity contribution in [2.45, 2.75) is 213 Å². The van der Waals surface area contributed by atoms with Crippen molar-refractivity contribution in [3.63, 3.8) is 0 Å². The van der Waals surface area contributed by atoms with Gasteiger partial charge in [-0.15, -0.1) is 0 Å². The highest BCUT2D eigenvalue weighted by molar-refractivity contribution is 7.47. The van der Waals surface area contributed by atoms with E-state index < -0.39 is 32.5 Å². The van der Waals surface area contributed by atoms with Gasteiger partial charge < -0.3 is 28.3 Å². The van der Waals surface area contributed by atoms with E-state index in [0.717, 1.165) is 64.2 Å². The normalized spacial score (nSPS) is 13.4. The molecule has 0 heterocycles. The third kappa shape index (κ3) is 49.3. The van der Waals surface area contributed by atoms with E-state index in [0.29, 0.717) is 37.1 Å². The molecule has 0 aromatic heterocycles. The van der Waals surface area contributed by atoms with Gasteiger partial charge in [0.25, 0.3) is 0 Å². The number of esters is 4. The van der Waals surface area contributed by atoms with Crippen molar-refractivity contribution in [3.8, 4) is 0 Å². The summed E-state index contributed by atoms with van der Waals surface area (Å²) in [6, 6.07) is 0. The Morgan fingerprint density at radius 1 is 0.456 bits per heavy atom. The highest BCUT2D eigenvalue weighted by Gasteiger charge is 2.27. The number of rotatable bonds is 48. The van der Waals surface area contributed by atoms with Crippen LogP contribution >= 0.6 is 7.82 Å². The summed E-state index contributed by atoms with van der Waals surface area (Å²) in [5.74, 6) is -1.42. The maximum absolute atomic E-state index is 12.8. The quantitative estimate of drug-likeness (QED) is 0.0117. The number of likely N-dealkylation sites (N-methyl/N-ethyl adjacent to an activating group) is 1. The van der Waals surface area contributed by atoms with Crippen LogP contribution in [0.2, 0.25) is 0 Å². The number of phosphoric acid groups is 1. The first-order chi connectivity index (χ1) is 32.8. The van der Waals surface area contributed by atoms with Crippen LogP contribution < -0.4 is 0 Å². The third-order valence-electron chi connectivity index (χ3n) is 11.3. The molecule has 0 aliphatic rings. The van der Waals surface area contributed by atoms with Gasteiger partial charge in [0, 0.05) is 25.0 Å². The molecule has 68 heavy (non-hydrogen) atoms. The van der Waals surface area contributed by atoms with Gasteiger partial charge in [-0.1, -0.05) is 191 Å². The number of ether oxygens (including phenoxy) is 4. The summed E-state index contributed by atoms with van der Waals surface area (Å²) >= 11 is 0. The average molecular weight is 983 g/mol. The van der Waals surface area contributed by atoms with Gasteiger partial charge in [-0.3, -0.25) is 18.6 Å². The fourth-order valence-electron chi connectivity index (χ4n) is 7.18. The minimum Gasteiger partial charge on any atom is -0.463 e. The van der Waals surface area contributed by atoms with Crippen LogP contribution in [0.4, 0.5) is 0 Å². The van der Waals surface area contributed by atoms with Gasteiger partial charge in [0.15, 0.2) is 6.10 Å². The van der Waals surface area contributed by atoms with E-state index in [1.807, 2.05) is 47.1 Å². The maximum atomic E-state index is 12.8. The Kier molecular flexibility index (Phi) is 44.2. The van der Waals surface area contributed by atoms with E-state index in [4.69, 9.17) is 28.0 Å². The second kappa shape index (κ2) is 46.3. The summed E-state index contributed by atoms with van der Waals surface area (Å²) in [5, 5.41) is 0. The second-order valence-electron chi connectivity index (χ2n) is 18.9. The molecule has 0 aliphatic heterocycles. The van der Waals surface area contributed by atoms with Crippen molar-refractivity contribution in [1.29, 1.82) is 0 Å². The van der Waals surface area contributed by atoms with Gasteiger partial charge in [-0.05, 0) is 39.5 Å².